The molecule has 0 aliphatic heterocycles. The largest absolute Gasteiger partial charge is 0.382 e. The second-order valence-electron chi connectivity index (χ2n) is 6.74. The Balaban J connectivity index is 1.40. The number of nitrogens with one attached hydrogen (secondary N) is 3. The smallest absolute Gasteiger partial charge is 0.255 e. The van der Waals surface area contributed by atoms with Crippen LogP contribution in [0.1, 0.15) is 38.5 Å². The molecule has 1 heterocycles. The highest BCUT2D eigenvalue weighted by molar-refractivity contribution is 5.84. The number of aromatic amines is 1. The molecule has 4 rings (SSSR count). The Bertz CT molecular complexity index is 712. The number of hydrogen-bond donors (Lipinski definition) is 3. The Hall–Kier alpha value is -1.81. The van der Waals surface area contributed by atoms with Crippen LogP contribution >= 0.6 is 0 Å². The average Bonchev–Trinajstić information content (AvgIpc) is 3.33. The SMILES string of the molecule is O=c1[nH]ccc2cc(N[C@H]3CC[C@@H](NC4CC4)CC3)ccc12. The van der Waals surface area contributed by atoms with Crippen LogP contribution in [-0.4, -0.2) is 23.1 Å². The van der Waals surface area contributed by atoms with Gasteiger partial charge in [-0.25, -0.2) is 0 Å². The summed E-state index contributed by atoms with van der Waals surface area (Å²) in [4.78, 5) is 14.4. The number of pyridine rings is 1. The van der Waals surface area contributed by atoms with Crippen molar-refractivity contribution >= 4 is 16.5 Å². The van der Waals surface area contributed by atoms with Gasteiger partial charge >= 0.3 is 0 Å². The number of rotatable bonds is 4. The lowest BCUT2D eigenvalue weighted by molar-refractivity contribution is 0.352. The van der Waals surface area contributed by atoms with Crippen LogP contribution in [0.3, 0.4) is 0 Å². The van der Waals surface area contributed by atoms with Crippen molar-refractivity contribution in [3.8, 4) is 0 Å². The minimum Gasteiger partial charge on any atom is -0.382 e. The van der Waals surface area contributed by atoms with Crippen molar-refractivity contribution in [2.24, 2.45) is 0 Å². The Labute approximate surface area is 130 Å². The fourth-order valence-corrected chi connectivity index (χ4v) is 3.51. The molecule has 2 aliphatic rings. The minimum absolute atomic E-state index is 0.0179. The number of anilines is 1. The van der Waals surface area contributed by atoms with Crippen molar-refractivity contribution in [3.05, 3.63) is 40.8 Å². The summed E-state index contributed by atoms with van der Waals surface area (Å²) < 4.78 is 0. The second-order valence-corrected chi connectivity index (χ2v) is 6.74. The summed E-state index contributed by atoms with van der Waals surface area (Å²) in [6.45, 7) is 0. The molecule has 4 heteroatoms. The monoisotopic (exact) mass is 297 g/mol. The van der Waals surface area contributed by atoms with Gasteiger partial charge < -0.3 is 15.6 Å². The molecule has 1 aromatic carbocycles. The van der Waals surface area contributed by atoms with Crippen molar-refractivity contribution in [3.63, 3.8) is 0 Å². The standard InChI is InChI=1S/C18H23N3O/c22-18-17-8-7-16(11-12(17)9-10-19-18)21-15-5-3-14(4-6-15)20-13-1-2-13/h7-11,13-15,20-21H,1-6H2,(H,19,22)/t14-,15+. The van der Waals surface area contributed by atoms with Crippen molar-refractivity contribution in [1.82, 2.24) is 10.3 Å². The molecule has 2 saturated carbocycles. The number of aromatic nitrogens is 1. The third kappa shape index (κ3) is 3.02. The van der Waals surface area contributed by atoms with Gasteiger partial charge in [0.05, 0.1) is 0 Å². The highest BCUT2D eigenvalue weighted by atomic mass is 16.1. The third-order valence-corrected chi connectivity index (χ3v) is 4.92. The van der Waals surface area contributed by atoms with E-state index in [1.807, 2.05) is 18.2 Å². The minimum atomic E-state index is -0.0179. The average molecular weight is 297 g/mol. The maximum Gasteiger partial charge on any atom is 0.255 e. The topological polar surface area (TPSA) is 56.9 Å². The third-order valence-electron chi connectivity index (χ3n) is 4.92. The zero-order chi connectivity index (χ0) is 14.9. The molecule has 2 aliphatic carbocycles. The molecule has 0 radical (unpaired) electrons. The van der Waals surface area contributed by atoms with Crippen LogP contribution in [0.5, 0.6) is 0 Å². The Morgan fingerprint density at radius 1 is 0.909 bits per heavy atom. The summed E-state index contributed by atoms with van der Waals surface area (Å²) >= 11 is 0. The van der Waals surface area contributed by atoms with Crippen LogP contribution in [0.2, 0.25) is 0 Å². The molecular weight excluding hydrogens is 274 g/mol. The first-order valence-corrected chi connectivity index (χ1v) is 8.42. The molecule has 116 valence electrons. The van der Waals surface area contributed by atoms with E-state index in [-0.39, 0.29) is 5.56 Å². The van der Waals surface area contributed by atoms with E-state index in [4.69, 9.17) is 0 Å². The molecular formula is C18H23N3O. The highest BCUT2D eigenvalue weighted by Gasteiger charge is 2.27. The summed E-state index contributed by atoms with van der Waals surface area (Å²) in [6, 6.07) is 10.1. The van der Waals surface area contributed by atoms with Gasteiger partial charge in [-0.1, -0.05) is 0 Å². The maximum absolute atomic E-state index is 11.7. The predicted molar refractivity (Wildman–Crippen MR) is 90.4 cm³/mol. The zero-order valence-electron chi connectivity index (χ0n) is 12.8. The van der Waals surface area contributed by atoms with Crippen molar-refractivity contribution in [2.45, 2.75) is 56.7 Å². The molecule has 0 bridgehead atoms. The summed E-state index contributed by atoms with van der Waals surface area (Å²) in [6.07, 6.45) is 9.42. The normalized spacial score (nSPS) is 25.3. The van der Waals surface area contributed by atoms with Gasteiger partial charge in [-0.3, -0.25) is 4.79 Å². The first-order chi connectivity index (χ1) is 10.8. The lowest BCUT2D eigenvalue weighted by Gasteiger charge is -2.30. The predicted octanol–water partition coefficient (Wildman–Crippen LogP) is 3.00. The van der Waals surface area contributed by atoms with Gasteiger partial charge in [0, 0.05) is 35.4 Å². The number of fused-ring (bicyclic) bond motifs is 1. The van der Waals surface area contributed by atoms with Crippen molar-refractivity contribution in [1.29, 1.82) is 0 Å². The Kier molecular flexibility index (Phi) is 3.62. The molecule has 3 N–H and O–H groups in total. The molecule has 2 aromatic rings. The van der Waals surface area contributed by atoms with E-state index < -0.39 is 0 Å². The van der Waals surface area contributed by atoms with Gasteiger partial charge in [0.1, 0.15) is 0 Å². The van der Waals surface area contributed by atoms with Gasteiger partial charge in [-0.15, -0.1) is 0 Å². The van der Waals surface area contributed by atoms with Crippen LogP contribution in [0.25, 0.3) is 10.8 Å². The highest BCUT2D eigenvalue weighted by Crippen LogP contribution is 2.27. The first kappa shape index (κ1) is 13.8. The molecule has 0 spiro atoms. The van der Waals surface area contributed by atoms with Crippen molar-refractivity contribution in [2.75, 3.05) is 5.32 Å². The quantitative estimate of drug-likeness (QED) is 0.813. The lowest BCUT2D eigenvalue weighted by Crippen LogP contribution is -2.37. The fraction of sp³-hybridized carbons (Fsp3) is 0.500. The fourth-order valence-electron chi connectivity index (χ4n) is 3.51. The van der Waals surface area contributed by atoms with E-state index >= 15 is 0 Å². The van der Waals surface area contributed by atoms with Crippen LogP contribution in [-0.2, 0) is 0 Å². The molecule has 2 fully saturated rings. The summed E-state index contributed by atoms with van der Waals surface area (Å²) in [5.41, 5.74) is 1.10. The van der Waals surface area contributed by atoms with E-state index in [0.29, 0.717) is 6.04 Å². The van der Waals surface area contributed by atoms with Gasteiger partial charge in [0.2, 0.25) is 0 Å². The van der Waals surface area contributed by atoms with Crippen LogP contribution in [0.15, 0.2) is 35.3 Å². The molecule has 0 amide bonds. The van der Waals surface area contributed by atoms with Gasteiger partial charge in [0.25, 0.3) is 5.56 Å². The molecule has 22 heavy (non-hydrogen) atoms. The lowest BCUT2D eigenvalue weighted by atomic mass is 9.91. The number of hydrogen-bond acceptors (Lipinski definition) is 3. The second kappa shape index (κ2) is 5.76. The molecule has 0 unspecified atom stereocenters. The van der Waals surface area contributed by atoms with E-state index in [1.54, 1.807) is 6.20 Å². The summed E-state index contributed by atoms with van der Waals surface area (Å²) in [5, 5.41) is 9.14. The maximum atomic E-state index is 11.7. The number of H-pyrrole nitrogens is 1. The van der Waals surface area contributed by atoms with Gasteiger partial charge in [-0.05, 0) is 68.2 Å². The van der Waals surface area contributed by atoms with Gasteiger partial charge in [0.15, 0.2) is 0 Å². The Morgan fingerprint density at radius 3 is 2.32 bits per heavy atom. The van der Waals surface area contributed by atoms with Crippen LogP contribution in [0, 0.1) is 0 Å². The van der Waals surface area contributed by atoms with E-state index in [0.717, 1.165) is 28.5 Å². The summed E-state index contributed by atoms with van der Waals surface area (Å²) in [7, 11) is 0. The van der Waals surface area contributed by atoms with E-state index in [1.165, 1.54) is 38.5 Å². The zero-order valence-corrected chi connectivity index (χ0v) is 12.8. The van der Waals surface area contributed by atoms with E-state index in [9.17, 15) is 4.79 Å². The molecule has 4 nitrogen and oxygen atoms in total. The Morgan fingerprint density at radius 2 is 1.59 bits per heavy atom. The first-order valence-electron chi connectivity index (χ1n) is 8.42. The van der Waals surface area contributed by atoms with Crippen LogP contribution < -0.4 is 16.2 Å². The van der Waals surface area contributed by atoms with Gasteiger partial charge in [-0.2, -0.15) is 0 Å². The van der Waals surface area contributed by atoms with Crippen molar-refractivity contribution < 1.29 is 0 Å². The molecule has 0 saturated heterocycles. The summed E-state index contributed by atoms with van der Waals surface area (Å²) in [5.74, 6) is 0. The number of benzene rings is 1. The van der Waals surface area contributed by atoms with E-state index in [2.05, 4.69) is 21.7 Å². The molecule has 0 atom stereocenters. The van der Waals surface area contributed by atoms with Crippen LogP contribution in [0.4, 0.5) is 5.69 Å². The molecule has 1 aromatic heterocycles.